The summed E-state index contributed by atoms with van der Waals surface area (Å²) in [5, 5.41) is 0. The molecule has 139 valence electrons. The summed E-state index contributed by atoms with van der Waals surface area (Å²) in [5.74, 6) is 1.14. The average molecular weight is 434 g/mol. The van der Waals surface area contributed by atoms with Crippen LogP contribution in [0, 0.1) is 16.9 Å². The molecule has 25 heavy (non-hydrogen) atoms. The maximum atomic E-state index is 3.60. The minimum atomic E-state index is 0. The van der Waals surface area contributed by atoms with Gasteiger partial charge in [0.1, 0.15) is 0 Å². The Hall–Kier alpha value is 0.604. The van der Waals surface area contributed by atoms with Crippen molar-refractivity contribution in [3.63, 3.8) is 0 Å². The Kier molecular flexibility index (Phi) is 11.4. The summed E-state index contributed by atoms with van der Waals surface area (Å²) in [6.07, 6.45) is 15.1. The Morgan fingerprint density at radius 1 is 1.16 bits per heavy atom. The van der Waals surface area contributed by atoms with Crippen LogP contribution in [-0.2, 0) is 21.7 Å². The fourth-order valence-electron chi connectivity index (χ4n) is 3.85. The molecule has 1 radical (unpaired) electrons. The summed E-state index contributed by atoms with van der Waals surface area (Å²) in [6, 6.07) is 0. The molecule has 0 amide bonds. The normalized spacial score (nSPS) is 22.8. The van der Waals surface area contributed by atoms with E-state index in [1.807, 2.05) is 0 Å². The van der Waals surface area contributed by atoms with E-state index in [9.17, 15) is 0 Å². The van der Waals surface area contributed by atoms with E-state index in [4.69, 9.17) is 0 Å². The molecule has 0 bridgehead atoms. The summed E-state index contributed by atoms with van der Waals surface area (Å²) in [7, 11) is 0. The van der Waals surface area contributed by atoms with E-state index in [1.165, 1.54) is 11.1 Å². The van der Waals surface area contributed by atoms with E-state index < -0.39 is 0 Å². The van der Waals surface area contributed by atoms with Crippen LogP contribution in [0.4, 0.5) is 0 Å². The van der Waals surface area contributed by atoms with Crippen LogP contribution in [-0.4, -0.2) is 10.5 Å². The van der Waals surface area contributed by atoms with E-state index in [0.717, 1.165) is 18.6 Å². The quantitative estimate of drug-likeness (QED) is 0.460. The molecule has 0 N–H and O–H groups in total. The van der Waals surface area contributed by atoms with Gasteiger partial charge < -0.3 is 24.8 Å². The van der Waals surface area contributed by atoms with Crippen molar-refractivity contribution in [3.05, 3.63) is 47.1 Å². The zero-order chi connectivity index (χ0) is 16.6. The van der Waals surface area contributed by atoms with Gasteiger partial charge in [-0.3, -0.25) is 6.08 Å². The molecule has 0 aromatic carbocycles. The molecule has 0 heterocycles. The second kappa shape index (κ2) is 10.2. The van der Waals surface area contributed by atoms with Gasteiger partial charge in [-0.1, -0.05) is 59.3 Å². The fourth-order valence-corrected chi connectivity index (χ4v) is 5.53. The van der Waals surface area contributed by atoms with Gasteiger partial charge in [-0.25, -0.2) is 11.6 Å². The molecule has 1 atom stereocenters. The molecule has 2 aliphatic carbocycles. The van der Waals surface area contributed by atoms with Crippen molar-refractivity contribution in [2.24, 2.45) is 10.8 Å². The third kappa shape index (κ3) is 5.32. The third-order valence-corrected chi connectivity index (χ3v) is 6.77. The number of allylic oxidation sites excluding steroid dienone is 7. The summed E-state index contributed by atoms with van der Waals surface area (Å²) in [6.45, 7) is 16.4. The SMILES string of the molecule is CCSC1(C(C)(C)C2=[C-]CC=C2)CC=C(C)C=C1C(C)(C)C.[Cl-].[Cl-].[Ti+3]. The predicted octanol–water partition coefficient (Wildman–Crippen LogP) is 0.522. The molecule has 4 heteroatoms. The molecular formula is C21H31Cl2STi. The van der Waals surface area contributed by atoms with Crippen molar-refractivity contribution < 1.29 is 46.5 Å². The van der Waals surface area contributed by atoms with Gasteiger partial charge >= 0.3 is 21.7 Å². The first-order valence-corrected chi connectivity index (χ1v) is 9.45. The smallest absolute Gasteiger partial charge is 1.00 e. The van der Waals surface area contributed by atoms with Crippen LogP contribution >= 0.6 is 11.8 Å². The second-order valence-corrected chi connectivity index (χ2v) is 9.61. The molecule has 0 aromatic rings. The van der Waals surface area contributed by atoms with Gasteiger partial charge in [0.15, 0.2) is 0 Å². The van der Waals surface area contributed by atoms with E-state index in [-0.39, 0.29) is 62.1 Å². The predicted molar refractivity (Wildman–Crippen MR) is 101 cm³/mol. The van der Waals surface area contributed by atoms with Crippen molar-refractivity contribution in [1.29, 1.82) is 0 Å². The van der Waals surface area contributed by atoms with Gasteiger partial charge in [0.05, 0.1) is 0 Å². The van der Waals surface area contributed by atoms with Crippen LogP contribution in [0.1, 0.15) is 61.3 Å². The maximum Gasteiger partial charge on any atom is 3.00 e. The van der Waals surface area contributed by atoms with Crippen LogP contribution in [0.15, 0.2) is 41.0 Å². The van der Waals surface area contributed by atoms with Crippen LogP contribution in [0.2, 0.25) is 0 Å². The van der Waals surface area contributed by atoms with Crippen LogP contribution in [0.25, 0.3) is 0 Å². The zero-order valence-electron chi connectivity index (χ0n) is 16.6. The van der Waals surface area contributed by atoms with Crippen LogP contribution < -0.4 is 24.8 Å². The third-order valence-electron chi connectivity index (χ3n) is 5.10. The van der Waals surface area contributed by atoms with Crippen molar-refractivity contribution in [1.82, 2.24) is 0 Å². The minimum absolute atomic E-state index is 0. The van der Waals surface area contributed by atoms with Gasteiger partial charge in [0, 0.05) is 4.75 Å². The van der Waals surface area contributed by atoms with E-state index in [2.05, 4.69) is 90.6 Å². The first kappa shape index (κ1) is 27.8. The van der Waals surface area contributed by atoms with Crippen LogP contribution in [0.3, 0.4) is 0 Å². The Morgan fingerprint density at radius 3 is 2.20 bits per heavy atom. The number of thioether (sulfide) groups is 1. The van der Waals surface area contributed by atoms with Gasteiger partial charge in [0.2, 0.25) is 0 Å². The van der Waals surface area contributed by atoms with Crippen LogP contribution in [0.5, 0.6) is 0 Å². The van der Waals surface area contributed by atoms with Crippen molar-refractivity contribution in [2.75, 3.05) is 5.75 Å². The molecule has 0 fully saturated rings. The molecule has 0 aromatic heterocycles. The van der Waals surface area contributed by atoms with Gasteiger partial charge in [0.25, 0.3) is 0 Å². The largest absolute Gasteiger partial charge is 3.00 e. The Bertz CT molecular complexity index is 565. The topological polar surface area (TPSA) is 0 Å². The standard InChI is InChI=1S/C21H31S.2ClH.Ti/c1-8-22-21(20(6,7)17-11-9-10-12-17)14-13-16(2)15-18(21)19(3,4)5;;;/h9,11,13,15H,8,10,14H2,1-7H3;2*1H;/q-1;;;+3/p-2. The molecule has 2 aliphatic rings. The second-order valence-electron chi connectivity index (χ2n) is 8.04. The van der Waals surface area contributed by atoms with E-state index >= 15 is 0 Å². The first-order chi connectivity index (χ1) is 10.1. The molecule has 1 unspecified atom stereocenters. The van der Waals surface area contributed by atoms with E-state index in [1.54, 1.807) is 5.57 Å². The first-order valence-electron chi connectivity index (χ1n) is 8.46. The molecule has 0 aliphatic heterocycles. The molecule has 0 spiro atoms. The Morgan fingerprint density at radius 2 is 1.76 bits per heavy atom. The summed E-state index contributed by atoms with van der Waals surface area (Å²) < 4.78 is 0.122. The monoisotopic (exact) mass is 433 g/mol. The maximum absolute atomic E-state index is 3.60. The molecule has 2 rings (SSSR count). The summed E-state index contributed by atoms with van der Waals surface area (Å²) in [5.41, 5.74) is 4.64. The fraction of sp³-hybridized carbons (Fsp3) is 0.619. The van der Waals surface area contributed by atoms with Gasteiger partial charge in [-0.2, -0.15) is 6.08 Å². The van der Waals surface area contributed by atoms with Crippen molar-refractivity contribution in [2.45, 2.75) is 66.1 Å². The average Bonchev–Trinajstić information content (AvgIpc) is 2.94. The number of rotatable bonds is 4. The summed E-state index contributed by atoms with van der Waals surface area (Å²) in [4.78, 5) is 0. The Labute approximate surface area is 187 Å². The number of halogens is 2. The molecule has 0 saturated carbocycles. The van der Waals surface area contributed by atoms with Gasteiger partial charge in [-0.15, -0.1) is 18.2 Å². The van der Waals surface area contributed by atoms with E-state index in [0.29, 0.717) is 0 Å². The Balaban J connectivity index is 0. The number of hydrogen-bond acceptors (Lipinski definition) is 1. The van der Waals surface area contributed by atoms with Crippen molar-refractivity contribution >= 4 is 11.8 Å². The molecule has 0 saturated heterocycles. The van der Waals surface area contributed by atoms with Gasteiger partial charge in [-0.05, 0) is 35.5 Å². The zero-order valence-corrected chi connectivity index (χ0v) is 20.5. The number of hydrogen-bond donors (Lipinski definition) is 0. The summed E-state index contributed by atoms with van der Waals surface area (Å²) >= 11 is 2.12. The van der Waals surface area contributed by atoms with Crippen molar-refractivity contribution in [3.8, 4) is 0 Å². The molecule has 0 nitrogen and oxygen atoms in total. The minimum Gasteiger partial charge on any atom is -1.00 e. The molecular weight excluding hydrogens is 403 g/mol.